The number of nitrogens with zero attached hydrogens (tertiary/aromatic N) is 4. The number of carbonyl (C=O) groups is 2. The van der Waals surface area contributed by atoms with Crippen LogP contribution >= 0.6 is 23.2 Å². The minimum absolute atomic E-state index is 0.0798. The zero-order valence-electron chi connectivity index (χ0n) is 29.3. The van der Waals surface area contributed by atoms with Crippen LogP contribution in [-0.4, -0.2) is 42.4 Å². The molecule has 0 aliphatic carbocycles. The lowest BCUT2D eigenvalue weighted by Gasteiger charge is -2.11. The summed E-state index contributed by atoms with van der Waals surface area (Å²) in [5.74, 6) is 0.389. The predicted octanol–water partition coefficient (Wildman–Crippen LogP) is 9.46. The summed E-state index contributed by atoms with van der Waals surface area (Å²) in [7, 11) is 0. The molecule has 56 heavy (non-hydrogen) atoms. The van der Waals surface area contributed by atoms with Gasteiger partial charge in [-0.05, 0) is 77.7 Å². The Bertz CT molecular complexity index is 2700. The zero-order chi connectivity index (χ0) is 39.3. The van der Waals surface area contributed by atoms with E-state index in [2.05, 4.69) is 51.6 Å². The van der Waals surface area contributed by atoms with E-state index in [1.54, 1.807) is 55.7 Å². The highest BCUT2D eigenvalue weighted by Crippen LogP contribution is 2.33. The SMILES string of the molecule is Cc1ccc(F)c(NC(=O)Nc2ncc(-c3cccc4[nH]nc(N)c34)cn2)c1.Nc1n[nH]c2cccc(-c3ccc(NC(=O)Nc4c(Cl)cccc4Cl)cc3)c12. The van der Waals surface area contributed by atoms with Crippen LogP contribution in [0.2, 0.25) is 10.0 Å². The van der Waals surface area contributed by atoms with Gasteiger partial charge in [-0.25, -0.2) is 23.9 Å². The second kappa shape index (κ2) is 16.0. The number of halogens is 3. The standard InChI is InChI=1S/C20H15Cl2N5O.C19H16FN7O/c21-14-4-2-5-15(22)18(14)25-20(28)24-12-9-7-11(8-10-12)13-3-1-6-16-17(13)19(23)27-26-16;1-10-5-6-13(20)15(7-10)24-19(28)25-18-22-8-11(9-23-18)12-3-2-4-14-16(12)17(21)27-26-14/h1-10H,(H3,23,26,27)(H2,24,25,28);2-9H,1H3,(H3,21,26,27)(H2,22,23,24,25,28). The first-order valence-corrected chi connectivity index (χ1v) is 17.5. The zero-order valence-corrected chi connectivity index (χ0v) is 30.8. The van der Waals surface area contributed by atoms with E-state index in [0.717, 1.165) is 49.6 Å². The van der Waals surface area contributed by atoms with Crippen molar-refractivity contribution in [1.82, 2.24) is 30.4 Å². The van der Waals surface area contributed by atoms with Crippen LogP contribution in [0.25, 0.3) is 44.1 Å². The van der Waals surface area contributed by atoms with Crippen molar-refractivity contribution in [2.75, 3.05) is 32.7 Å². The summed E-state index contributed by atoms with van der Waals surface area (Å²) in [5, 5.41) is 26.5. The number of aromatic nitrogens is 6. The Morgan fingerprint density at radius 2 is 1.21 bits per heavy atom. The van der Waals surface area contributed by atoms with Gasteiger partial charge < -0.3 is 27.4 Å². The molecule has 3 heterocycles. The molecular formula is C39H31Cl2FN12O2. The molecule has 0 fully saturated rings. The van der Waals surface area contributed by atoms with Gasteiger partial charge in [-0.15, -0.1) is 0 Å². The summed E-state index contributed by atoms with van der Waals surface area (Å²) in [6.07, 6.45) is 3.13. The van der Waals surface area contributed by atoms with Gasteiger partial charge in [-0.1, -0.05) is 71.7 Å². The molecule has 0 saturated carbocycles. The number of aryl methyl sites for hydroxylation is 1. The van der Waals surface area contributed by atoms with E-state index < -0.39 is 17.9 Å². The number of aromatic amines is 2. The average molecular weight is 790 g/mol. The van der Waals surface area contributed by atoms with Gasteiger partial charge in [0, 0.05) is 23.6 Å². The quantitative estimate of drug-likeness (QED) is 0.0809. The Morgan fingerprint density at radius 3 is 1.82 bits per heavy atom. The van der Waals surface area contributed by atoms with Gasteiger partial charge in [0.2, 0.25) is 5.95 Å². The Kier molecular flexibility index (Phi) is 10.6. The van der Waals surface area contributed by atoms with Crippen molar-refractivity contribution in [2.24, 2.45) is 0 Å². The first-order valence-electron chi connectivity index (χ1n) is 16.8. The van der Waals surface area contributed by atoms with Gasteiger partial charge in [0.15, 0.2) is 11.6 Å². The molecule has 0 saturated heterocycles. The highest BCUT2D eigenvalue weighted by atomic mass is 35.5. The maximum atomic E-state index is 13.8. The number of nitrogen functional groups attached to an aromatic ring is 2. The molecule has 0 bridgehead atoms. The maximum Gasteiger partial charge on any atom is 0.326 e. The van der Waals surface area contributed by atoms with E-state index in [9.17, 15) is 14.0 Å². The first kappa shape index (κ1) is 37.1. The first-order chi connectivity index (χ1) is 27.0. The summed E-state index contributed by atoms with van der Waals surface area (Å²) in [6, 6.07) is 27.2. The van der Waals surface area contributed by atoms with Gasteiger partial charge in [0.05, 0.1) is 43.2 Å². The van der Waals surface area contributed by atoms with Crippen LogP contribution in [0.5, 0.6) is 0 Å². The number of anilines is 6. The molecule has 8 aromatic rings. The number of hydrogen-bond donors (Lipinski definition) is 8. The fourth-order valence-corrected chi connectivity index (χ4v) is 6.32. The second-order valence-corrected chi connectivity index (χ2v) is 13.1. The number of rotatable bonds is 6. The van der Waals surface area contributed by atoms with Crippen molar-refractivity contribution in [2.45, 2.75) is 6.92 Å². The lowest BCUT2D eigenvalue weighted by molar-refractivity contribution is 0.261. The number of amides is 4. The average Bonchev–Trinajstić information content (AvgIpc) is 3.77. The number of benzene rings is 5. The van der Waals surface area contributed by atoms with E-state index in [1.165, 1.54) is 12.1 Å². The molecule has 4 amide bonds. The molecule has 0 aliphatic heterocycles. The van der Waals surface area contributed by atoms with Crippen molar-refractivity contribution in [1.29, 1.82) is 0 Å². The Morgan fingerprint density at radius 1 is 0.661 bits per heavy atom. The van der Waals surface area contributed by atoms with E-state index in [1.807, 2.05) is 48.5 Å². The molecule has 0 aliphatic rings. The number of H-pyrrole nitrogens is 2. The number of hydrogen-bond acceptors (Lipinski definition) is 8. The minimum atomic E-state index is -0.640. The summed E-state index contributed by atoms with van der Waals surface area (Å²) < 4.78 is 13.8. The van der Waals surface area contributed by atoms with Gasteiger partial charge in [-0.3, -0.25) is 15.5 Å². The largest absolute Gasteiger partial charge is 0.382 e. The lowest BCUT2D eigenvalue weighted by atomic mass is 10.0. The van der Waals surface area contributed by atoms with Crippen molar-refractivity contribution in [3.63, 3.8) is 0 Å². The monoisotopic (exact) mass is 788 g/mol. The predicted molar refractivity (Wildman–Crippen MR) is 220 cm³/mol. The van der Waals surface area contributed by atoms with Gasteiger partial charge >= 0.3 is 12.1 Å². The van der Waals surface area contributed by atoms with Crippen LogP contribution in [0.4, 0.5) is 48.6 Å². The molecular weight excluding hydrogens is 758 g/mol. The van der Waals surface area contributed by atoms with Crippen molar-refractivity contribution >= 4 is 91.7 Å². The van der Waals surface area contributed by atoms with Gasteiger partial charge in [-0.2, -0.15) is 10.2 Å². The number of nitrogens with one attached hydrogen (secondary N) is 6. The van der Waals surface area contributed by atoms with Crippen molar-refractivity contribution < 1.29 is 14.0 Å². The normalized spacial score (nSPS) is 10.8. The Hall–Kier alpha value is -7.23. The summed E-state index contributed by atoms with van der Waals surface area (Å²) in [6.45, 7) is 1.80. The summed E-state index contributed by atoms with van der Waals surface area (Å²) >= 11 is 12.1. The third kappa shape index (κ3) is 8.13. The molecule has 3 aromatic heterocycles. The molecule has 0 atom stereocenters. The highest BCUT2D eigenvalue weighted by Gasteiger charge is 2.14. The number of nitrogens with two attached hydrogens (primary N) is 2. The Balaban J connectivity index is 0.000000172. The number of para-hydroxylation sites is 1. The van der Waals surface area contributed by atoms with Crippen LogP contribution in [0.3, 0.4) is 0 Å². The van der Waals surface area contributed by atoms with Crippen LogP contribution in [0.15, 0.2) is 109 Å². The van der Waals surface area contributed by atoms with Gasteiger partial charge in [0.1, 0.15) is 5.82 Å². The van der Waals surface area contributed by atoms with Crippen LogP contribution < -0.4 is 32.7 Å². The number of urea groups is 2. The van der Waals surface area contributed by atoms with Crippen LogP contribution in [0.1, 0.15) is 5.56 Å². The van der Waals surface area contributed by atoms with Crippen LogP contribution in [-0.2, 0) is 0 Å². The molecule has 0 unspecified atom stereocenters. The molecule has 0 spiro atoms. The second-order valence-electron chi connectivity index (χ2n) is 12.3. The van der Waals surface area contributed by atoms with Crippen LogP contribution in [0, 0.1) is 12.7 Å². The van der Waals surface area contributed by atoms with E-state index in [4.69, 9.17) is 34.7 Å². The molecule has 280 valence electrons. The summed E-state index contributed by atoms with van der Waals surface area (Å²) in [4.78, 5) is 32.6. The lowest BCUT2D eigenvalue weighted by Crippen LogP contribution is -2.21. The van der Waals surface area contributed by atoms with Crippen molar-refractivity contribution in [3.8, 4) is 22.3 Å². The topological polar surface area (TPSA) is 217 Å². The van der Waals surface area contributed by atoms with Crippen molar-refractivity contribution in [3.05, 3.63) is 131 Å². The minimum Gasteiger partial charge on any atom is -0.382 e. The maximum absolute atomic E-state index is 13.8. The fourth-order valence-electron chi connectivity index (χ4n) is 5.82. The number of fused-ring (bicyclic) bond motifs is 2. The fraction of sp³-hybridized carbons (Fsp3) is 0.0256. The smallest absolute Gasteiger partial charge is 0.326 e. The van der Waals surface area contributed by atoms with E-state index >= 15 is 0 Å². The van der Waals surface area contributed by atoms with E-state index in [-0.39, 0.29) is 11.6 Å². The van der Waals surface area contributed by atoms with E-state index in [0.29, 0.717) is 33.1 Å². The molecule has 5 aromatic carbocycles. The molecule has 8 rings (SSSR count). The molecule has 17 heteroatoms. The summed E-state index contributed by atoms with van der Waals surface area (Å²) in [5.41, 5.74) is 18.9. The van der Waals surface area contributed by atoms with Gasteiger partial charge in [0.25, 0.3) is 0 Å². The number of carbonyl (C=O) groups excluding carboxylic acids is 2. The molecule has 10 N–H and O–H groups in total. The molecule has 0 radical (unpaired) electrons. The Labute approximate surface area is 327 Å². The third-order valence-electron chi connectivity index (χ3n) is 8.45. The highest BCUT2D eigenvalue weighted by molar-refractivity contribution is 6.39. The third-order valence-corrected chi connectivity index (χ3v) is 9.08. The molecule has 14 nitrogen and oxygen atoms in total.